The van der Waals surface area contributed by atoms with Crippen molar-refractivity contribution >= 4 is 17.3 Å². The van der Waals surface area contributed by atoms with E-state index in [9.17, 15) is 0 Å². The first-order valence-electron chi connectivity index (χ1n) is 10.4. The molecule has 6 heteroatoms. The Bertz CT molecular complexity index is 619. The van der Waals surface area contributed by atoms with E-state index in [0.29, 0.717) is 0 Å². The van der Waals surface area contributed by atoms with Gasteiger partial charge in [0.2, 0.25) is 0 Å². The standard InChI is InChI=1S/C20H33N5S/c1-3-21-20(22-7-6-19-23-14-15(2)26-19)25-10-8-24(9-11-25)18-13-16-4-5-17(18)12-16/h14,16-18H,3-13H2,1-2H3,(H,21,22). The molecule has 0 spiro atoms. The second-order valence-corrected chi connectivity index (χ2v) is 9.43. The van der Waals surface area contributed by atoms with E-state index in [1.807, 2.05) is 6.20 Å². The Balaban J connectivity index is 1.29. The van der Waals surface area contributed by atoms with Crippen molar-refractivity contribution in [1.29, 1.82) is 0 Å². The molecular weight excluding hydrogens is 342 g/mol. The molecule has 3 unspecified atom stereocenters. The van der Waals surface area contributed by atoms with Crippen molar-refractivity contribution in [1.82, 2.24) is 20.1 Å². The van der Waals surface area contributed by atoms with Crippen LogP contribution in [0.1, 0.15) is 42.5 Å². The summed E-state index contributed by atoms with van der Waals surface area (Å²) < 4.78 is 0. The average Bonchev–Trinajstić information content (AvgIpc) is 3.38. The third kappa shape index (κ3) is 4.06. The number of piperazine rings is 1. The predicted octanol–water partition coefficient (Wildman–Crippen LogP) is 2.77. The van der Waals surface area contributed by atoms with Crippen LogP contribution >= 0.6 is 11.3 Å². The predicted molar refractivity (Wildman–Crippen MR) is 109 cm³/mol. The summed E-state index contributed by atoms with van der Waals surface area (Å²) in [6.07, 6.45) is 8.85. The van der Waals surface area contributed by atoms with E-state index in [1.165, 1.54) is 48.7 Å². The minimum atomic E-state index is 0.821. The van der Waals surface area contributed by atoms with Gasteiger partial charge in [-0.25, -0.2) is 4.98 Å². The summed E-state index contributed by atoms with van der Waals surface area (Å²) in [4.78, 5) is 15.9. The van der Waals surface area contributed by atoms with Crippen molar-refractivity contribution in [3.05, 3.63) is 16.1 Å². The van der Waals surface area contributed by atoms with E-state index >= 15 is 0 Å². The Labute approximate surface area is 161 Å². The van der Waals surface area contributed by atoms with Gasteiger partial charge in [0.1, 0.15) is 0 Å². The molecule has 2 bridgehead atoms. The molecule has 1 aliphatic heterocycles. The first-order valence-corrected chi connectivity index (χ1v) is 11.2. The van der Waals surface area contributed by atoms with Gasteiger partial charge in [-0.15, -0.1) is 11.3 Å². The summed E-state index contributed by atoms with van der Waals surface area (Å²) in [5.74, 6) is 3.12. The summed E-state index contributed by atoms with van der Waals surface area (Å²) in [5.41, 5.74) is 0. The number of aryl methyl sites for hydroxylation is 1. The first-order chi connectivity index (χ1) is 12.7. The van der Waals surface area contributed by atoms with E-state index in [1.54, 1.807) is 11.3 Å². The Kier molecular flexibility index (Phi) is 5.79. The fraction of sp³-hybridized carbons (Fsp3) is 0.800. The Morgan fingerprint density at radius 3 is 2.73 bits per heavy atom. The normalized spacial score (nSPS) is 29.5. The van der Waals surface area contributed by atoms with Crippen molar-refractivity contribution in [3.63, 3.8) is 0 Å². The molecule has 3 aliphatic rings. The smallest absolute Gasteiger partial charge is 0.194 e. The van der Waals surface area contributed by atoms with Crippen LogP contribution in [-0.4, -0.2) is 66.1 Å². The van der Waals surface area contributed by atoms with Crippen LogP contribution in [0, 0.1) is 18.8 Å². The number of aromatic nitrogens is 1. The van der Waals surface area contributed by atoms with Crippen molar-refractivity contribution < 1.29 is 0 Å². The molecule has 2 heterocycles. The van der Waals surface area contributed by atoms with Gasteiger partial charge in [-0.05, 0) is 44.9 Å². The topological polar surface area (TPSA) is 43.8 Å². The van der Waals surface area contributed by atoms with Crippen LogP contribution < -0.4 is 5.32 Å². The number of aliphatic imine (C=N–C) groups is 1. The second kappa shape index (κ2) is 8.26. The summed E-state index contributed by atoms with van der Waals surface area (Å²) in [5, 5.41) is 4.69. The number of fused-ring (bicyclic) bond motifs is 2. The van der Waals surface area contributed by atoms with Gasteiger partial charge in [-0.3, -0.25) is 9.89 Å². The molecule has 1 aromatic heterocycles. The molecule has 0 radical (unpaired) electrons. The van der Waals surface area contributed by atoms with Gasteiger partial charge >= 0.3 is 0 Å². The van der Waals surface area contributed by atoms with Gasteiger partial charge in [-0.2, -0.15) is 0 Å². The lowest BCUT2D eigenvalue weighted by molar-refractivity contribution is 0.0958. The maximum absolute atomic E-state index is 4.88. The molecule has 2 saturated carbocycles. The zero-order valence-corrected chi connectivity index (χ0v) is 17.1. The third-order valence-electron chi connectivity index (χ3n) is 6.37. The van der Waals surface area contributed by atoms with Gasteiger partial charge in [0.25, 0.3) is 0 Å². The summed E-state index contributed by atoms with van der Waals surface area (Å²) >= 11 is 1.79. The van der Waals surface area contributed by atoms with Crippen LogP contribution in [0.5, 0.6) is 0 Å². The lowest BCUT2D eigenvalue weighted by Gasteiger charge is -2.42. The zero-order chi connectivity index (χ0) is 17.9. The molecule has 4 rings (SSSR count). The fourth-order valence-corrected chi connectivity index (χ4v) is 5.90. The molecule has 5 nitrogen and oxygen atoms in total. The highest BCUT2D eigenvalue weighted by Crippen LogP contribution is 2.46. The summed E-state index contributed by atoms with van der Waals surface area (Å²) in [7, 11) is 0. The highest BCUT2D eigenvalue weighted by Gasteiger charge is 2.42. The van der Waals surface area contributed by atoms with Gasteiger partial charge in [0.15, 0.2) is 5.96 Å². The average molecular weight is 376 g/mol. The number of nitrogens with one attached hydrogen (secondary N) is 1. The van der Waals surface area contributed by atoms with Crippen LogP contribution in [0.25, 0.3) is 0 Å². The molecule has 1 saturated heterocycles. The SMILES string of the molecule is CCNC(=NCCc1ncc(C)s1)N1CCN(C2CC3CCC2C3)CC1. The highest BCUT2D eigenvalue weighted by atomic mass is 32.1. The molecular formula is C20H33N5S. The molecule has 1 aromatic rings. The van der Waals surface area contributed by atoms with Gasteiger partial charge in [0.05, 0.1) is 5.01 Å². The van der Waals surface area contributed by atoms with Crippen LogP contribution in [0.2, 0.25) is 0 Å². The number of rotatable bonds is 5. The molecule has 0 aromatic carbocycles. The monoisotopic (exact) mass is 375 g/mol. The molecule has 0 amide bonds. The Hall–Kier alpha value is -1.14. The van der Waals surface area contributed by atoms with Crippen LogP contribution in [0.4, 0.5) is 0 Å². The lowest BCUT2D eigenvalue weighted by atomic mass is 9.93. The van der Waals surface area contributed by atoms with E-state index in [0.717, 1.165) is 56.4 Å². The lowest BCUT2D eigenvalue weighted by Crippen LogP contribution is -2.55. The number of thiazole rings is 1. The summed E-state index contributed by atoms with van der Waals surface area (Å²) in [6.45, 7) is 10.6. The molecule has 3 atom stereocenters. The van der Waals surface area contributed by atoms with Crippen LogP contribution in [0.3, 0.4) is 0 Å². The third-order valence-corrected chi connectivity index (χ3v) is 7.35. The number of guanidine groups is 1. The number of hydrogen-bond acceptors (Lipinski definition) is 4. The molecule has 26 heavy (non-hydrogen) atoms. The Morgan fingerprint density at radius 2 is 2.12 bits per heavy atom. The first kappa shape index (κ1) is 18.2. The van der Waals surface area contributed by atoms with Gasteiger partial charge in [0, 0.05) is 62.8 Å². The van der Waals surface area contributed by atoms with E-state index in [-0.39, 0.29) is 0 Å². The van der Waals surface area contributed by atoms with Gasteiger partial charge < -0.3 is 10.2 Å². The van der Waals surface area contributed by atoms with Crippen LogP contribution in [-0.2, 0) is 6.42 Å². The number of nitrogens with zero attached hydrogens (tertiary/aromatic N) is 4. The van der Waals surface area contributed by atoms with Crippen LogP contribution in [0.15, 0.2) is 11.2 Å². The molecule has 2 aliphatic carbocycles. The van der Waals surface area contributed by atoms with Crippen molar-refractivity contribution in [3.8, 4) is 0 Å². The maximum atomic E-state index is 4.88. The fourth-order valence-electron chi connectivity index (χ4n) is 5.12. The summed E-state index contributed by atoms with van der Waals surface area (Å²) in [6, 6.07) is 0.878. The van der Waals surface area contributed by atoms with Crippen molar-refractivity contribution in [2.24, 2.45) is 16.8 Å². The minimum Gasteiger partial charge on any atom is -0.357 e. The highest BCUT2D eigenvalue weighted by molar-refractivity contribution is 7.11. The number of hydrogen-bond donors (Lipinski definition) is 1. The molecule has 144 valence electrons. The Morgan fingerprint density at radius 1 is 1.27 bits per heavy atom. The largest absolute Gasteiger partial charge is 0.357 e. The zero-order valence-electron chi connectivity index (χ0n) is 16.3. The van der Waals surface area contributed by atoms with E-state index in [4.69, 9.17) is 4.99 Å². The second-order valence-electron chi connectivity index (χ2n) is 8.12. The van der Waals surface area contributed by atoms with E-state index < -0.39 is 0 Å². The van der Waals surface area contributed by atoms with Crippen molar-refractivity contribution in [2.75, 3.05) is 39.3 Å². The van der Waals surface area contributed by atoms with E-state index in [2.05, 4.69) is 33.9 Å². The van der Waals surface area contributed by atoms with Gasteiger partial charge in [-0.1, -0.05) is 6.42 Å². The van der Waals surface area contributed by atoms with Crippen molar-refractivity contribution in [2.45, 2.75) is 52.0 Å². The minimum absolute atomic E-state index is 0.821. The molecule has 3 fully saturated rings. The maximum Gasteiger partial charge on any atom is 0.194 e. The molecule has 1 N–H and O–H groups in total. The quantitative estimate of drug-likeness (QED) is 0.635.